The lowest BCUT2D eigenvalue weighted by Crippen LogP contribution is -2.43. The second kappa shape index (κ2) is 7.85. The van der Waals surface area contributed by atoms with Crippen molar-refractivity contribution >= 4 is 5.91 Å². The number of rotatable bonds is 7. The molecule has 0 fully saturated rings. The monoisotopic (exact) mass is 279 g/mol. The molecule has 1 amide bonds. The second-order valence-corrected chi connectivity index (χ2v) is 5.75. The van der Waals surface area contributed by atoms with E-state index < -0.39 is 0 Å². The molecule has 0 aromatic carbocycles. The zero-order valence-electron chi connectivity index (χ0n) is 12.8. The molecule has 0 atom stereocenters. The van der Waals surface area contributed by atoms with Crippen LogP contribution in [0.4, 0.5) is 0 Å². The molecule has 0 aliphatic carbocycles. The van der Waals surface area contributed by atoms with Gasteiger partial charge in [-0.1, -0.05) is 6.92 Å². The summed E-state index contributed by atoms with van der Waals surface area (Å²) in [5, 5.41) is 6.12. The number of pyridine rings is 1. The van der Waals surface area contributed by atoms with E-state index in [4.69, 9.17) is 4.74 Å². The Labute approximate surface area is 121 Å². The summed E-state index contributed by atoms with van der Waals surface area (Å²) in [5.74, 6) is 0.472. The van der Waals surface area contributed by atoms with Gasteiger partial charge < -0.3 is 15.4 Å². The molecule has 0 bridgehead atoms. The number of amides is 1. The highest BCUT2D eigenvalue weighted by atomic mass is 16.5. The summed E-state index contributed by atoms with van der Waals surface area (Å²) in [7, 11) is 0. The lowest BCUT2D eigenvalue weighted by Gasteiger charge is -2.20. The predicted octanol–water partition coefficient (Wildman–Crippen LogP) is 1.87. The van der Waals surface area contributed by atoms with Gasteiger partial charge in [0.15, 0.2) is 6.61 Å². The Morgan fingerprint density at radius 3 is 2.65 bits per heavy atom. The van der Waals surface area contributed by atoms with Gasteiger partial charge in [0.05, 0.1) is 11.9 Å². The molecule has 20 heavy (non-hydrogen) atoms. The number of hydrogen-bond donors (Lipinski definition) is 2. The fraction of sp³-hybridized carbons (Fsp3) is 0.600. The van der Waals surface area contributed by atoms with E-state index in [1.807, 2.05) is 32.9 Å². The summed E-state index contributed by atoms with van der Waals surface area (Å²) in [5.41, 5.74) is 0.720. The van der Waals surface area contributed by atoms with E-state index in [9.17, 15) is 4.79 Å². The van der Waals surface area contributed by atoms with Crippen LogP contribution in [0.1, 0.15) is 39.8 Å². The minimum atomic E-state index is -0.243. The highest BCUT2D eigenvalue weighted by Crippen LogP contribution is 2.09. The zero-order chi connectivity index (χ0) is 15.0. The summed E-state index contributed by atoms with van der Waals surface area (Å²) in [4.78, 5) is 15.9. The number of hydrogen-bond acceptors (Lipinski definition) is 4. The third-order valence-corrected chi connectivity index (χ3v) is 2.41. The van der Waals surface area contributed by atoms with Crippen molar-refractivity contribution in [1.82, 2.24) is 15.6 Å². The summed E-state index contributed by atoms with van der Waals surface area (Å²) >= 11 is 0. The topological polar surface area (TPSA) is 63.2 Å². The molecular weight excluding hydrogens is 254 g/mol. The van der Waals surface area contributed by atoms with Crippen molar-refractivity contribution in [3.8, 4) is 5.75 Å². The highest BCUT2D eigenvalue weighted by Gasteiger charge is 2.13. The first-order valence-corrected chi connectivity index (χ1v) is 7.00. The van der Waals surface area contributed by atoms with Crippen LogP contribution in [-0.4, -0.2) is 29.6 Å². The maximum absolute atomic E-state index is 11.6. The minimum absolute atomic E-state index is 0.00633. The fourth-order valence-electron chi connectivity index (χ4n) is 1.60. The molecule has 1 rings (SSSR count). The molecule has 0 spiro atoms. The average Bonchev–Trinajstić information content (AvgIpc) is 2.36. The van der Waals surface area contributed by atoms with Gasteiger partial charge in [0.1, 0.15) is 5.75 Å². The molecule has 0 aliphatic rings. The van der Waals surface area contributed by atoms with E-state index in [1.54, 1.807) is 6.20 Å². The van der Waals surface area contributed by atoms with Gasteiger partial charge in [-0.2, -0.15) is 0 Å². The van der Waals surface area contributed by atoms with Crippen LogP contribution in [0.15, 0.2) is 18.3 Å². The number of aromatic nitrogens is 1. The lowest BCUT2D eigenvalue weighted by molar-refractivity contribution is -0.124. The van der Waals surface area contributed by atoms with E-state index in [0.717, 1.165) is 25.2 Å². The molecule has 5 heteroatoms. The molecule has 0 saturated heterocycles. The molecule has 1 aromatic heterocycles. The van der Waals surface area contributed by atoms with E-state index in [-0.39, 0.29) is 18.1 Å². The van der Waals surface area contributed by atoms with Crippen molar-refractivity contribution in [2.75, 3.05) is 13.2 Å². The minimum Gasteiger partial charge on any atom is -0.482 e. The number of carbonyl (C=O) groups is 1. The second-order valence-electron chi connectivity index (χ2n) is 5.75. The fourth-order valence-corrected chi connectivity index (χ4v) is 1.60. The summed E-state index contributed by atoms with van der Waals surface area (Å²) in [6.07, 6.45) is 2.75. The predicted molar refractivity (Wildman–Crippen MR) is 79.6 cm³/mol. The van der Waals surface area contributed by atoms with Gasteiger partial charge in [-0.25, -0.2) is 0 Å². The molecule has 5 nitrogen and oxygen atoms in total. The third-order valence-electron chi connectivity index (χ3n) is 2.41. The molecule has 0 unspecified atom stereocenters. The standard InChI is InChI=1S/C15H25N3O2/c1-5-8-16-9-12-6-7-13(10-17-12)20-11-14(19)18-15(2,3)4/h6-7,10,16H,5,8-9,11H2,1-4H3,(H,18,19). The van der Waals surface area contributed by atoms with Crippen molar-refractivity contribution in [2.45, 2.75) is 46.2 Å². The third kappa shape index (κ3) is 7.09. The van der Waals surface area contributed by atoms with Crippen LogP contribution in [0.25, 0.3) is 0 Å². The maximum atomic E-state index is 11.6. The van der Waals surface area contributed by atoms with E-state index >= 15 is 0 Å². The van der Waals surface area contributed by atoms with Crippen LogP contribution in [-0.2, 0) is 11.3 Å². The summed E-state index contributed by atoms with van der Waals surface area (Å²) in [6.45, 7) is 9.66. The van der Waals surface area contributed by atoms with Gasteiger partial charge >= 0.3 is 0 Å². The Balaban J connectivity index is 2.36. The first-order valence-electron chi connectivity index (χ1n) is 7.00. The normalized spacial score (nSPS) is 11.2. The number of carbonyl (C=O) groups excluding carboxylic acids is 1. The Bertz CT molecular complexity index is 410. The van der Waals surface area contributed by atoms with E-state index in [2.05, 4.69) is 22.5 Å². The first kappa shape index (κ1) is 16.4. The Hall–Kier alpha value is -1.62. The first-order chi connectivity index (χ1) is 9.40. The number of ether oxygens (including phenoxy) is 1. The molecule has 0 radical (unpaired) electrons. The van der Waals surface area contributed by atoms with Crippen LogP contribution in [0.3, 0.4) is 0 Å². The zero-order valence-corrected chi connectivity index (χ0v) is 12.8. The van der Waals surface area contributed by atoms with Crippen LogP contribution >= 0.6 is 0 Å². The quantitative estimate of drug-likeness (QED) is 0.748. The molecular formula is C15H25N3O2. The smallest absolute Gasteiger partial charge is 0.258 e. The molecule has 2 N–H and O–H groups in total. The van der Waals surface area contributed by atoms with Crippen LogP contribution in [0.5, 0.6) is 5.75 Å². The molecule has 112 valence electrons. The Morgan fingerprint density at radius 1 is 1.35 bits per heavy atom. The van der Waals surface area contributed by atoms with Crippen LogP contribution in [0.2, 0.25) is 0 Å². The summed E-state index contributed by atoms with van der Waals surface area (Å²) < 4.78 is 5.40. The average molecular weight is 279 g/mol. The molecule has 1 heterocycles. The van der Waals surface area contributed by atoms with Crippen molar-refractivity contribution in [1.29, 1.82) is 0 Å². The van der Waals surface area contributed by atoms with Gasteiger partial charge in [-0.15, -0.1) is 0 Å². The van der Waals surface area contributed by atoms with Crippen molar-refractivity contribution in [3.63, 3.8) is 0 Å². The Kier molecular flexibility index (Phi) is 6.45. The largest absolute Gasteiger partial charge is 0.482 e. The van der Waals surface area contributed by atoms with Gasteiger partial charge in [0.2, 0.25) is 0 Å². The van der Waals surface area contributed by atoms with Gasteiger partial charge in [0, 0.05) is 12.1 Å². The van der Waals surface area contributed by atoms with Gasteiger partial charge in [-0.05, 0) is 45.9 Å². The van der Waals surface area contributed by atoms with Crippen LogP contribution in [0, 0.1) is 0 Å². The highest BCUT2D eigenvalue weighted by molar-refractivity contribution is 5.78. The molecule has 1 aromatic rings. The van der Waals surface area contributed by atoms with Gasteiger partial charge in [0.25, 0.3) is 5.91 Å². The number of nitrogens with zero attached hydrogens (tertiary/aromatic N) is 1. The lowest BCUT2D eigenvalue weighted by atomic mass is 10.1. The van der Waals surface area contributed by atoms with Crippen molar-refractivity contribution in [2.24, 2.45) is 0 Å². The molecule has 0 aliphatic heterocycles. The van der Waals surface area contributed by atoms with E-state index in [1.165, 1.54) is 0 Å². The maximum Gasteiger partial charge on any atom is 0.258 e. The van der Waals surface area contributed by atoms with Gasteiger partial charge in [-0.3, -0.25) is 9.78 Å². The summed E-state index contributed by atoms with van der Waals surface area (Å²) in [6, 6.07) is 3.74. The van der Waals surface area contributed by atoms with E-state index in [0.29, 0.717) is 5.75 Å². The van der Waals surface area contributed by atoms with Crippen molar-refractivity contribution < 1.29 is 9.53 Å². The molecule has 0 saturated carbocycles. The SMILES string of the molecule is CCCNCc1ccc(OCC(=O)NC(C)(C)C)cn1. The Morgan fingerprint density at radius 2 is 2.10 bits per heavy atom. The van der Waals surface area contributed by atoms with Crippen molar-refractivity contribution in [3.05, 3.63) is 24.0 Å². The van der Waals surface area contributed by atoms with Crippen LogP contribution < -0.4 is 15.4 Å². The number of nitrogens with one attached hydrogen (secondary N) is 2.